The molecule has 7 heteroatoms. The zero-order chi connectivity index (χ0) is 18.0. The summed E-state index contributed by atoms with van der Waals surface area (Å²) in [6.45, 7) is 8.52. The van der Waals surface area contributed by atoms with E-state index in [0.717, 1.165) is 10.9 Å². The van der Waals surface area contributed by atoms with Gasteiger partial charge in [0.15, 0.2) is 0 Å². The maximum Gasteiger partial charge on any atom is 0.402 e. The van der Waals surface area contributed by atoms with E-state index in [9.17, 15) is 17.4 Å². The Morgan fingerprint density at radius 1 is 1.09 bits per heavy atom. The number of nitrogens with one attached hydrogen (secondary N) is 1. The highest BCUT2D eigenvalue weighted by atomic mass is 32.2. The number of halogens is 3. The first-order valence-electron chi connectivity index (χ1n) is 7.45. The van der Waals surface area contributed by atoms with E-state index >= 15 is 0 Å². The van der Waals surface area contributed by atoms with E-state index < -0.39 is 23.7 Å². The molecule has 0 saturated heterocycles. The smallest absolute Gasteiger partial charge is 0.245 e. The molecular formula is C16H23F3N2OS. The fourth-order valence-corrected chi connectivity index (χ4v) is 2.63. The van der Waals surface area contributed by atoms with E-state index in [-0.39, 0.29) is 5.03 Å². The Labute approximate surface area is 137 Å². The highest BCUT2D eigenvalue weighted by Gasteiger charge is 2.28. The van der Waals surface area contributed by atoms with Crippen LogP contribution >= 0.6 is 0 Å². The van der Waals surface area contributed by atoms with Gasteiger partial charge >= 0.3 is 6.18 Å². The van der Waals surface area contributed by atoms with Gasteiger partial charge < -0.3 is 0 Å². The molecule has 0 bridgehead atoms. The van der Waals surface area contributed by atoms with E-state index in [2.05, 4.69) is 4.98 Å². The summed E-state index contributed by atoms with van der Waals surface area (Å²) in [6.07, 6.45) is -2.90. The zero-order valence-electron chi connectivity index (χ0n) is 14.0. The molecule has 1 heterocycles. The molecule has 0 aliphatic heterocycles. The van der Waals surface area contributed by atoms with Crippen LogP contribution in [0.3, 0.4) is 0 Å². The zero-order valence-corrected chi connectivity index (χ0v) is 14.8. The van der Waals surface area contributed by atoms with Crippen molar-refractivity contribution in [3.63, 3.8) is 0 Å². The van der Waals surface area contributed by atoms with Crippen LogP contribution in [-0.4, -0.2) is 21.9 Å². The number of nitrogens with zero attached hydrogens (tertiary/aromatic N) is 1. The van der Waals surface area contributed by atoms with E-state index in [1.54, 1.807) is 12.1 Å². The van der Waals surface area contributed by atoms with Gasteiger partial charge in [-0.25, -0.2) is 13.9 Å². The largest absolute Gasteiger partial charge is 0.402 e. The lowest BCUT2D eigenvalue weighted by Gasteiger charge is -2.10. The normalized spacial score (nSPS) is 11.8. The lowest BCUT2D eigenvalue weighted by atomic mass is 10.1. The quantitative estimate of drug-likeness (QED) is 0.868. The van der Waals surface area contributed by atoms with Gasteiger partial charge in [-0.05, 0) is 17.9 Å². The molecule has 1 aromatic heterocycles. The number of hydrogen-bond acceptors (Lipinski definition) is 2. The van der Waals surface area contributed by atoms with Gasteiger partial charge in [0.05, 0.1) is 0 Å². The Morgan fingerprint density at radius 2 is 1.61 bits per heavy atom. The first-order valence-corrected chi connectivity index (χ1v) is 8.60. The summed E-state index contributed by atoms with van der Waals surface area (Å²) in [5, 5.41) is 1.54. The van der Waals surface area contributed by atoms with Crippen molar-refractivity contribution in [3.05, 3.63) is 36.0 Å². The first-order chi connectivity index (χ1) is 10.9. The molecule has 0 aliphatic rings. The maximum absolute atomic E-state index is 12.1. The topological polar surface area (TPSA) is 42.0 Å². The standard InChI is InChI=1S/C12H11F3N2OS.2C2H6/c1-8-6-16-11(10-5-3-2-4-9(8)10)19(18)17-7-12(13,14)15;2*1-2/h2-6,17H,7H2,1H3;2*1-2H3. The van der Waals surface area contributed by atoms with Gasteiger partial charge in [-0.2, -0.15) is 13.2 Å². The predicted octanol–water partition coefficient (Wildman–Crippen LogP) is 4.77. The first kappa shape index (κ1) is 21.5. The Kier molecular flexibility index (Phi) is 9.67. The van der Waals surface area contributed by atoms with Crippen molar-refractivity contribution in [2.24, 2.45) is 0 Å². The van der Waals surface area contributed by atoms with Gasteiger partial charge in [0, 0.05) is 11.6 Å². The van der Waals surface area contributed by atoms with Crippen LogP contribution in [0.4, 0.5) is 13.2 Å². The average molecular weight is 348 g/mol. The van der Waals surface area contributed by atoms with Crippen LogP contribution in [0, 0.1) is 6.92 Å². The highest BCUT2D eigenvalue weighted by Crippen LogP contribution is 2.22. The van der Waals surface area contributed by atoms with Gasteiger partial charge in [0.1, 0.15) is 22.6 Å². The fraction of sp³-hybridized carbons (Fsp3) is 0.438. The molecule has 1 N–H and O–H groups in total. The molecule has 0 saturated carbocycles. The van der Waals surface area contributed by atoms with E-state index in [1.807, 2.05) is 51.5 Å². The van der Waals surface area contributed by atoms with Crippen molar-refractivity contribution in [2.45, 2.75) is 45.8 Å². The molecular weight excluding hydrogens is 325 g/mol. The van der Waals surface area contributed by atoms with Crippen molar-refractivity contribution in [2.75, 3.05) is 6.54 Å². The number of benzene rings is 1. The molecule has 3 nitrogen and oxygen atoms in total. The van der Waals surface area contributed by atoms with Crippen molar-refractivity contribution >= 4 is 21.8 Å². The Balaban J connectivity index is 0.00000112. The van der Waals surface area contributed by atoms with Crippen molar-refractivity contribution in [3.8, 4) is 0 Å². The van der Waals surface area contributed by atoms with Crippen LogP contribution in [-0.2, 0) is 11.0 Å². The second-order valence-corrected chi connectivity index (χ2v) is 5.21. The summed E-state index contributed by atoms with van der Waals surface area (Å²) < 4.78 is 50.1. The number of alkyl halides is 3. The second kappa shape index (κ2) is 10.3. The summed E-state index contributed by atoms with van der Waals surface area (Å²) in [7, 11) is -1.99. The number of fused-ring (bicyclic) bond motifs is 1. The summed E-state index contributed by atoms with van der Waals surface area (Å²) in [4.78, 5) is 3.98. The Bertz CT molecular complexity index is 630. The molecule has 0 amide bonds. The van der Waals surface area contributed by atoms with E-state index in [0.29, 0.717) is 5.39 Å². The van der Waals surface area contributed by atoms with Gasteiger partial charge in [0.2, 0.25) is 0 Å². The lowest BCUT2D eigenvalue weighted by Crippen LogP contribution is -2.30. The summed E-state index contributed by atoms with van der Waals surface area (Å²) >= 11 is 0. The number of aromatic nitrogens is 1. The number of aryl methyl sites for hydroxylation is 1. The Morgan fingerprint density at radius 3 is 2.13 bits per heavy atom. The monoisotopic (exact) mass is 348 g/mol. The van der Waals surface area contributed by atoms with Crippen molar-refractivity contribution < 1.29 is 17.4 Å². The van der Waals surface area contributed by atoms with Gasteiger partial charge in [-0.1, -0.05) is 52.0 Å². The van der Waals surface area contributed by atoms with E-state index in [1.165, 1.54) is 6.20 Å². The average Bonchev–Trinajstić information content (AvgIpc) is 2.56. The van der Waals surface area contributed by atoms with Gasteiger partial charge in [-0.3, -0.25) is 0 Å². The molecule has 2 rings (SSSR count). The fourth-order valence-electron chi connectivity index (χ4n) is 1.67. The highest BCUT2D eigenvalue weighted by molar-refractivity contribution is 7.83. The van der Waals surface area contributed by atoms with Crippen LogP contribution in [0.25, 0.3) is 10.8 Å². The molecule has 1 unspecified atom stereocenters. The SMILES string of the molecule is CC.CC.Cc1cnc(S(=O)NCC(F)(F)F)c2ccccc12. The summed E-state index contributed by atoms with van der Waals surface area (Å²) in [6, 6.07) is 7.05. The third-order valence-electron chi connectivity index (χ3n) is 2.54. The predicted molar refractivity (Wildman–Crippen MR) is 89.6 cm³/mol. The van der Waals surface area contributed by atoms with Gasteiger partial charge in [-0.15, -0.1) is 0 Å². The molecule has 23 heavy (non-hydrogen) atoms. The summed E-state index contributed by atoms with van der Waals surface area (Å²) in [5.41, 5.74) is 0.882. The maximum atomic E-state index is 12.1. The minimum atomic E-state index is -4.41. The number of hydrogen-bond donors (Lipinski definition) is 1. The number of rotatable bonds is 3. The second-order valence-electron chi connectivity index (χ2n) is 4.00. The van der Waals surface area contributed by atoms with Crippen LogP contribution < -0.4 is 4.72 Å². The van der Waals surface area contributed by atoms with Crippen LogP contribution in [0.5, 0.6) is 0 Å². The minimum absolute atomic E-state index is 0.116. The molecule has 130 valence electrons. The third-order valence-corrected chi connectivity index (χ3v) is 3.62. The molecule has 0 fully saturated rings. The number of pyridine rings is 1. The van der Waals surface area contributed by atoms with Gasteiger partial charge in [0.25, 0.3) is 0 Å². The van der Waals surface area contributed by atoms with Crippen LogP contribution in [0.15, 0.2) is 35.5 Å². The third kappa shape index (κ3) is 6.66. The van der Waals surface area contributed by atoms with Crippen LogP contribution in [0.2, 0.25) is 0 Å². The molecule has 0 spiro atoms. The molecule has 0 radical (unpaired) electrons. The van der Waals surface area contributed by atoms with Crippen molar-refractivity contribution in [1.29, 1.82) is 0 Å². The van der Waals surface area contributed by atoms with Crippen LogP contribution in [0.1, 0.15) is 33.3 Å². The molecule has 1 aromatic carbocycles. The molecule has 1 atom stereocenters. The lowest BCUT2D eigenvalue weighted by molar-refractivity contribution is -0.121. The Hall–Kier alpha value is -1.47. The minimum Gasteiger partial charge on any atom is -0.245 e. The summed E-state index contributed by atoms with van der Waals surface area (Å²) in [5.74, 6) is 0. The van der Waals surface area contributed by atoms with Crippen molar-refractivity contribution in [1.82, 2.24) is 9.71 Å². The molecule has 2 aromatic rings. The van der Waals surface area contributed by atoms with E-state index in [4.69, 9.17) is 0 Å². The molecule has 0 aliphatic carbocycles.